The van der Waals surface area contributed by atoms with Crippen molar-refractivity contribution in [2.24, 2.45) is 5.73 Å². The molecule has 2 aromatic rings. The van der Waals surface area contributed by atoms with Crippen molar-refractivity contribution in [3.05, 3.63) is 71.3 Å². The lowest BCUT2D eigenvalue weighted by molar-refractivity contribution is -0.122. The number of nitrogens with one attached hydrogen (secondary N) is 1. The minimum Gasteiger partial charge on any atom is -0.355 e. The van der Waals surface area contributed by atoms with Crippen LogP contribution in [0, 0.1) is 0 Å². The fourth-order valence-electron chi connectivity index (χ4n) is 3.14. The molecule has 1 aliphatic rings. The Hall–Kier alpha value is -2.99. The molecule has 2 aromatic carbocycles. The van der Waals surface area contributed by atoms with Crippen LogP contribution in [0.1, 0.15) is 39.1 Å². The second-order valence-corrected chi connectivity index (χ2v) is 6.60. The van der Waals surface area contributed by atoms with Crippen molar-refractivity contribution >= 4 is 17.7 Å². The fraction of sp³-hybridized carbons (Fsp3) is 0.286. The minimum atomic E-state index is -0.594. The first-order valence-corrected chi connectivity index (χ1v) is 9.10. The van der Waals surface area contributed by atoms with Gasteiger partial charge in [-0.2, -0.15) is 0 Å². The number of rotatable bonds is 8. The van der Waals surface area contributed by atoms with Gasteiger partial charge in [0, 0.05) is 13.1 Å². The van der Waals surface area contributed by atoms with Gasteiger partial charge >= 0.3 is 0 Å². The standard InChI is InChI=1S/C21H23N3O3/c22-18(14-15-8-2-1-3-9-15)19(25)23-12-6-7-13-24-20(26)16-10-4-5-11-17(16)21(24)27/h1-5,8-11,18H,6-7,12-14,22H2,(H,23,25)/t18-/m0/s1. The predicted molar refractivity (Wildman–Crippen MR) is 102 cm³/mol. The maximum Gasteiger partial charge on any atom is 0.261 e. The number of amides is 3. The molecule has 0 unspecified atom stereocenters. The first kappa shape index (κ1) is 18.8. The highest BCUT2D eigenvalue weighted by Gasteiger charge is 2.34. The zero-order valence-electron chi connectivity index (χ0n) is 15.1. The van der Waals surface area contributed by atoms with E-state index in [1.54, 1.807) is 24.3 Å². The Morgan fingerprint density at radius 1 is 0.926 bits per heavy atom. The molecule has 6 heteroatoms. The molecule has 0 aliphatic carbocycles. The normalized spacial score (nSPS) is 14.2. The average molecular weight is 365 g/mol. The smallest absolute Gasteiger partial charge is 0.261 e. The first-order chi connectivity index (χ1) is 13.1. The summed E-state index contributed by atoms with van der Waals surface area (Å²) in [6, 6.07) is 15.9. The minimum absolute atomic E-state index is 0.195. The van der Waals surface area contributed by atoms with E-state index in [0.29, 0.717) is 43.5 Å². The Morgan fingerprint density at radius 2 is 1.52 bits per heavy atom. The fourth-order valence-corrected chi connectivity index (χ4v) is 3.14. The molecule has 0 fully saturated rings. The number of hydrogen-bond donors (Lipinski definition) is 2. The first-order valence-electron chi connectivity index (χ1n) is 9.10. The molecule has 0 spiro atoms. The number of imide groups is 1. The van der Waals surface area contributed by atoms with Gasteiger partial charge in [-0.05, 0) is 37.0 Å². The van der Waals surface area contributed by atoms with Gasteiger partial charge in [0.1, 0.15) is 0 Å². The van der Waals surface area contributed by atoms with Crippen LogP contribution in [-0.4, -0.2) is 41.8 Å². The Kier molecular flexibility index (Phi) is 5.98. The number of carbonyl (C=O) groups is 3. The molecule has 3 N–H and O–H groups in total. The summed E-state index contributed by atoms with van der Waals surface area (Å²) in [4.78, 5) is 37.9. The van der Waals surface area contributed by atoms with Crippen molar-refractivity contribution in [1.29, 1.82) is 0 Å². The number of nitrogens with zero attached hydrogens (tertiary/aromatic N) is 1. The molecule has 3 amide bonds. The summed E-state index contributed by atoms with van der Waals surface area (Å²) in [6.07, 6.45) is 1.78. The van der Waals surface area contributed by atoms with Crippen LogP contribution in [0.5, 0.6) is 0 Å². The van der Waals surface area contributed by atoms with Crippen LogP contribution >= 0.6 is 0 Å². The lowest BCUT2D eigenvalue weighted by Crippen LogP contribution is -2.42. The van der Waals surface area contributed by atoms with Crippen molar-refractivity contribution in [3.63, 3.8) is 0 Å². The van der Waals surface area contributed by atoms with Crippen LogP contribution in [0.3, 0.4) is 0 Å². The molecular formula is C21H23N3O3. The Labute approximate surface area is 158 Å². The van der Waals surface area contributed by atoms with Crippen LogP contribution in [0.4, 0.5) is 0 Å². The number of carbonyl (C=O) groups excluding carboxylic acids is 3. The number of benzene rings is 2. The lowest BCUT2D eigenvalue weighted by Gasteiger charge is -2.15. The second kappa shape index (κ2) is 8.60. The molecule has 0 aromatic heterocycles. The molecule has 1 atom stereocenters. The molecule has 1 aliphatic heterocycles. The number of unbranched alkanes of at least 4 members (excludes halogenated alkanes) is 1. The molecule has 0 radical (unpaired) electrons. The molecule has 27 heavy (non-hydrogen) atoms. The largest absolute Gasteiger partial charge is 0.355 e. The monoisotopic (exact) mass is 365 g/mol. The second-order valence-electron chi connectivity index (χ2n) is 6.60. The SMILES string of the molecule is N[C@@H](Cc1ccccc1)C(=O)NCCCCN1C(=O)c2ccccc2C1=O. The van der Waals surface area contributed by atoms with Gasteiger partial charge in [-0.25, -0.2) is 0 Å². The van der Waals surface area contributed by atoms with E-state index < -0.39 is 6.04 Å². The van der Waals surface area contributed by atoms with Crippen LogP contribution < -0.4 is 11.1 Å². The summed E-state index contributed by atoms with van der Waals surface area (Å²) in [5, 5.41) is 2.82. The number of nitrogens with two attached hydrogens (primary N) is 1. The van der Waals surface area contributed by atoms with Gasteiger partial charge < -0.3 is 11.1 Å². The maximum atomic E-state index is 12.3. The van der Waals surface area contributed by atoms with Crippen LogP contribution in [0.2, 0.25) is 0 Å². The molecule has 3 rings (SSSR count). The van der Waals surface area contributed by atoms with E-state index in [0.717, 1.165) is 5.56 Å². The van der Waals surface area contributed by atoms with Crippen molar-refractivity contribution in [2.45, 2.75) is 25.3 Å². The van der Waals surface area contributed by atoms with Gasteiger partial charge in [-0.15, -0.1) is 0 Å². The van der Waals surface area contributed by atoms with Crippen molar-refractivity contribution in [3.8, 4) is 0 Å². The third kappa shape index (κ3) is 4.41. The maximum absolute atomic E-state index is 12.3. The van der Waals surface area contributed by atoms with E-state index >= 15 is 0 Å². The molecule has 0 saturated heterocycles. The zero-order valence-corrected chi connectivity index (χ0v) is 15.1. The summed E-state index contributed by atoms with van der Waals surface area (Å²) < 4.78 is 0. The van der Waals surface area contributed by atoms with Gasteiger partial charge in [0.15, 0.2) is 0 Å². The Morgan fingerprint density at radius 3 is 2.15 bits per heavy atom. The van der Waals surface area contributed by atoms with E-state index in [1.165, 1.54) is 4.90 Å². The van der Waals surface area contributed by atoms with E-state index in [1.807, 2.05) is 30.3 Å². The van der Waals surface area contributed by atoms with E-state index in [-0.39, 0.29) is 17.7 Å². The molecular weight excluding hydrogens is 342 g/mol. The van der Waals surface area contributed by atoms with E-state index in [2.05, 4.69) is 5.32 Å². The number of fused-ring (bicyclic) bond motifs is 1. The number of hydrogen-bond acceptors (Lipinski definition) is 4. The molecule has 0 saturated carbocycles. The Bertz CT molecular complexity index is 801. The van der Waals surface area contributed by atoms with Gasteiger partial charge in [0.25, 0.3) is 11.8 Å². The third-order valence-corrected chi connectivity index (χ3v) is 4.62. The average Bonchev–Trinajstić information content (AvgIpc) is 2.93. The van der Waals surface area contributed by atoms with E-state index in [9.17, 15) is 14.4 Å². The van der Waals surface area contributed by atoms with Crippen LogP contribution in [-0.2, 0) is 11.2 Å². The summed E-state index contributed by atoms with van der Waals surface area (Å²) in [6.45, 7) is 0.808. The third-order valence-electron chi connectivity index (χ3n) is 4.62. The van der Waals surface area contributed by atoms with Gasteiger partial charge in [-0.3, -0.25) is 19.3 Å². The van der Waals surface area contributed by atoms with E-state index in [4.69, 9.17) is 5.73 Å². The zero-order chi connectivity index (χ0) is 19.2. The van der Waals surface area contributed by atoms with Gasteiger partial charge in [0.2, 0.25) is 5.91 Å². The lowest BCUT2D eigenvalue weighted by atomic mass is 10.1. The predicted octanol–water partition coefficient (Wildman–Crippen LogP) is 1.75. The van der Waals surface area contributed by atoms with Crippen LogP contribution in [0.15, 0.2) is 54.6 Å². The molecule has 1 heterocycles. The van der Waals surface area contributed by atoms with Crippen molar-refractivity contribution in [2.75, 3.05) is 13.1 Å². The highest BCUT2D eigenvalue weighted by Crippen LogP contribution is 2.22. The van der Waals surface area contributed by atoms with Crippen molar-refractivity contribution < 1.29 is 14.4 Å². The van der Waals surface area contributed by atoms with Gasteiger partial charge in [-0.1, -0.05) is 42.5 Å². The molecule has 0 bridgehead atoms. The van der Waals surface area contributed by atoms with Crippen molar-refractivity contribution in [1.82, 2.24) is 10.2 Å². The molecule has 140 valence electrons. The van der Waals surface area contributed by atoms with Crippen LogP contribution in [0.25, 0.3) is 0 Å². The topological polar surface area (TPSA) is 92.5 Å². The summed E-state index contributed by atoms with van der Waals surface area (Å²) in [5.74, 6) is -0.686. The highest BCUT2D eigenvalue weighted by molar-refractivity contribution is 6.21. The highest BCUT2D eigenvalue weighted by atomic mass is 16.2. The quantitative estimate of drug-likeness (QED) is 0.551. The van der Waals surface area contributed by atoms with Gasteiger partial charge in [0.05, 0.1) is 17.2 Å². The Balaban J connectivity index is 1.38. The summed E-state index contributed by atoms with van der Waals surface area (Å²) in [7, 11) is 0. The molecule has 6 nitrogen and oxygen atoms in total. The summed E-state index contributed by atoms with van der Waals surface area (Å²) in [5.41, 5.74) is 7.88. The summed E-state index contributed by atoms with van der Waals surface area (Å²) >= 11 is 0.